The van der Waals surface area contributed by atoms with Crippen molar-refractivity contribution >= 4 is 17.5 Å². The summed E-state index contributed by atoms with van der Waals surface area (Å²) in [4.78, 5) is 26.2. The number of benzene rings is 1. The smallest absolute Gasteiger partial charge is 0.226 e. The molecule has 2 fully saturated rings. The summed E-state index contributed by atoms with van der Waals surface area (Å²) < 4.78 is 0. The third-order valence-electron chi connectivity index (χ3n) is 5.36. The van der Waals surface area contributed by atoms with Crippen LogP contribution < -0.4 is 5.32 Å². The molecule has 0 atom stereocenters. The van der Waals surface area contributed by atoms with E-state index in [-0.39, 0.29) is 17.9 Å². The lowest BCUT2D eigenvalue weighted by molar-refractivity contribution is -0.132. The van der Waals surface area contributed by atoms with Gasteiger partial charge in [-0.3, -0.25) is 9.59 Å². The lowest BCUT2D eigenvalue weighted by Crippen LogP contribution is -2.40. The standard InChI is InChI=1S/C20H28N2O3/c23-18-9-11-22(12-10-18)20(25)14-16-5-7-17(8-6-16)21-19(24)13-15-3-1-2-4-15/h5-8,15,18,23H,1-4,9-14H2,(H,21,24). The summed E-state index contributed by atoms with van der Waals surface area (Å²) in [7, 11) is 0. The number of aliphatic hydroxyl groups excluding tert-OH is 1. The predicted molar refractivity (Wildman–Crippen MR) is 97.2 cm³/mol. The van der Waals surface area contributed by atoms with E-state index >= 15 is 0 Å². The van der Waals surface area contributed by atoms with Crippen molar-refractivity contribution in [2.45, 2.75) is 57.5 Å². The van der Waals surface area contributed by atoms with Crippen LogP contribution in [0.1, 0.15) is 50.5 Å². The summed E-state index contributed by atoms with van der Waals surface area (Å²) in [6.07, 6.45) is 6.87. The average molecular weight is 344 g/mol. The van der Waals surface area contributed by atoms with Crippen molar-refractivity contribution in [3.63, 3.8) is 0 Å². The Morgan fingerprint density at radius 3 is 2.32 bits per heavy atom. The zero-order chi connectivity index (χ0) is 17.6. The highest BCUT2D eigenvalue weighted by Gasteiger charge is 2.21. The molecule has 2 aliphatic rings. The molecule has 136 valence electrons. The molecule has 1 aromatic carbocycles. The van der Waals surface area contributed by atoms with E-state index < -0.39 is 0 Å². The molecular formula is C20H28N2O3. The molecule has 0 spiro atoms. The van der Waals surface area contributed by atoms with E-state index in [1.165, 1.54) is 25.7 Å². The Hall–Kier alpha value is -1.88. The molecule has 1 aromatic rings. The normalized spacial score (nSPS) is 19.2. The van der Waals surface area contributed by atoms with Gasteiger partial charge in [-0.25, -0.2) is 0 Å². The molecule has 1 aliphatic heterocycles. The van der Waals surface area contributed by atoms with E-state index in [2.05, 4.69) is 5.32 Å². The van der Waals surface area contributed by atoms with Crippen LogP contribution in [0, 0.1) is 5.92 Å². The summed E-state index contributed by atoms with van der Waals surface area (Å²) in [6, 6.07) is 7.55. The minimum atomic E-state index is -0.267. The molecule has 5 nitrogen and oxygen atoms in total. The van der Waals surface area contributed by atoms with Crippen LogP contribution in [0.15, 0.2) is 24.3 Å². The predicted octanol–water partition coefficient (Wildman–Crippen LogP) is 2.73. The molecule has 0 radical (unpaired) electrons. The van der Waals surface area contributed by atoms with Crippen LogP contribution in [0.25, 0.3) is 0 Å². The fraction of sp³-hybridized carbons (Fsp3) is 0.600. The molecule has 1 aliphatic carbocycles. The number of rotatable bonds is 5. The van der Waals surface area contributed by atoms with Gasteiger partial charge in [0.2, 0.25) is 11.8 Å². The lowest BCUT2D eigenvalue weighted by Gasteiger charge is -2.29. The highest BCUT2D eigenvalue weighted by atomic mass is 16.3. The van der Waals surface area contributed by atoms with Gasteiger partial charge in [-0.05, 0) is 49.3 Å². The molecule has 1 saturated heterocycles. The van der Waals surface area contributed by atoms with E-state index in [0.717, 1.165) is 11.3 Å². The van der Waals surface area contributed by atoms with Crippen LogP contribution in [0.5, 0.6) is 0 Å². The maximum atomic E-state index is 12.3. The molecule has 5 heteroatoms. The Kier molecular flexibility index (Phi) is 6.08. The van der Waals surface area contributed by atoms with Gasteiger partial charge in [0.1, 0.15) is 0 Å². The maximum Gasteiger partial charge on any atom is 0.226 e. The van der Waals surface area contributed by atoms with E-state index in [4.69, 9.17) is 0 Å². The van der Waals surface area contributed by atoms with Crippen LogP contribution in [0.2, 0.25) is 0 Å². The second kappa shape index (κ2) is 8.48. The number of carbonyl (C=O) groups excluding carboxylic acids is 2. The number of nitrogens with zero attached hydrogens (tertiary/aromatic N) is 1. The fourth-order valence-electron chi connectivity index (χ4n) is 3.80. The van der Waals surface area contributed by atoms with E-state index in [0.29, 0.717) is 44.7 Å². The van der Waals surface area contributed by atoms with Gasteiger partial charge in [-0.1, -0.05) is 25.0 Å². The Bertz CT molecular complexity index is 585. The van der Waals surface area contributed by atoms with Crippen molar-refractivity contribution in [2.24, 2.45) is 5.92 Å². The first-order chi connectivity index (χ1) is 12.1. The van der Waals surface area contributed by atoms with Gasteiger partial charge >= 0.3 is 0 Å². The summed E-state index contributed by atoms with van der Waals surface area (Å²) >= 11 is 0. The largest absolute Gasteiger partial charge is 0.393 e. The highest BCUT2D eigenvalue weighted by molar-refractivity contribution is 5.91. The molecular weight excluding hydrogens is 316 g/mol. The first-order valence-electron chi connectivity index (χ1n) is 9.45. The van der Waals surface area contributed by atoms with Crippen molar-refractivity contribution in [3.8, 4) is 0 Å². The summed E-state index contributed by atoms with van der Waals surface area (Å²) in [6.45, 7) is 1.27. The zero-order valence-corrected chi connectivity index (χ0v) is 14.7. The van der Waals surface area contributed by atoms with Gasteiger partial charge in [0.15, 0.2) is 0 Å². The number of aliphatic hydroxyl groups is 1. The number of amides is 2. The number of carbonyl (C=O) groups is 2. The molecule has 3 rings (SSSR count). The Morgan fingerprint density at radius 2 is 1.68 bits per heavy atom. The van der Waals surface area contributed by atoms with Crippen molar-refractivity contribution in [1.82, 2.24) is 4.90 Å². The number of piperidine rings is 1. The van der Waals surface area contributed by atoms with Gasteiger partial charge in [0, 0.05) is 25.2 Å². The number of anilines is 1. The van der Waals surface area contributed by atoms with Crippen molar-refractivity contribution in [1.29, 1.82) is 0 Å². The quantitative estimate of drug-likeness (QED) is 0.863. The zero-order valence-electron chi connectivity index (χ0n) is 14.7. The summed E-state index contributed by atoms with van der Waals surface area (Å²) in [5, 5.41) is 12.5. The van der Waals surface area contributed by atoms with Gasteiger partial charge in [-0.2, -0.15) is 0 Å². The van der Waals surface area contributed by atoms with E-state index in [9.17, 15) is 14.7 Å². The van der Waals surface area contributed by atoms with Crippen molar-refractivity contribution in [3.05, 3.63) is 29.8 Å². The minimum Gasteiger partial charge on any atom is -0.393 e. The van der Waals surface area contributed by atoms with Gasteiger partial charge in [0.05, 0.1) is 12.5 Å². The number of likely N-dealkylation sites (tertiary alicyclic amines) is 1. The van der Waals surface area contributed by atoms with Crippen LogP contribution >= 0.6 is 0 Å². The van der Waals surface area contributed by atoms with Gasteiger partial charge in [-0.15, -0.1) is 0 Å². The Balaban J connectivity index is 1.46. The topological polar surface area (TPSA) is 69.6 Å². The fourth-order valence-corrected chi connectivity index (χ4v) is 3.80. The Morgan fingerprint density at radius 1 is 1.04 bits per heavy atom. The second-order valence-corrected chi connectivity index (χ2v) is 7.39. The molecule has 2 N–H and O–H groups in total. The first-order valence-corrected chi connectivity index (χ1v) is 9.45. The van der Waals surface area contributed by atoms with Crippen LogP contribution in [-0.4, -0.2) is 41.0 Å². The lowest BCUT2D eigenvalue weighted by atomic mass is 10.0. The highest BCUT2D eigenvalue weighted by Crippen LogP contribution is 2.27. The molecule has 1 saturated carbocycles. The van der Waals surface area contributed by atoms with E-state index in [1.807, 2.05) is 29.2 Å². The van der Waals surface area contributed by atoms with E-state index in [1.54, 1.807) is 0 Å². The van der Waals surface area contributed by atoms with Crippen molar-refractivity contribution < 1.29 is 14.7 Å². The molecule has 1 heterocycles. The average Bonchev–Trinajstić information content (AvgIpc) is 3.10. The van der Waals surface area contributed by atoms with Gasteiger partial charge < -0.3 is 15.3 Å². The number of hydrogen-bond donors (Lipinski definition) is 2. The number of hydrogen-bond acceptors (Lipinski definition) is 3. The van der Waals surface area contributed by atoms with Crippen LogP contribution in [-0.2, 0) is 16.0 Å². The summed E-state index contributed by atoms with van der Waals surface area (Å²) in [5.41, 5.74) is 1.74. The van der Waals surface area contributed by atoms with Crippen molar-refractivity contribution in [2.75, 3.05) is 18.4 Å². The molecule has 0 bridgehead atoms. The molecule has 0 aromatic heterocycles. The molecule has 2 amide bonds. The van der Waals surface area contributed by atoms with Gasteiger partial charge in [0.25, 0.3) is 0 Å². The SMILES string of the molecule is O=C(CC1CCCC1)Nc1ccc(CC(=O)N2CCC(O)CC2)cc1. The monoisotopic (exact) mass is 344 g/mol. The summed E-state index contributed by atoms with van der Waals surface area (Å²) in [5.74, 6) is 0.729. The first kappa shape index (κ1) is 17.9. The molecule has 25 heavy (non-hydrogen) atoms. The number of nitrogens with one attached hydrogen (secondary N) is 1. The third-order valence-corrected chi connectivity index (χ3v) is 5.36. The maximum absolute atomic E-state index is 12.3. The minimum absolute atomic E-state index is 0.0857. The van der Waals surface area contributed by atoms with Crippen LogP contribution in [0.4, 0.5) is 5.69 Å². The third kappa shape index (κ3) is 5.30. The second-order valence-electron chi connectivity index (χ2n) is 7.39. The molecule has 0 unspecified atom stereocenters. The van der Waals surface area contributed by atoms with Crippen LogP contribution in [0.3, 0.4) is 0 Å². The Labute approximate surface area is 149 Å².